The molecular formula is C7H13IO2. The van der Waals surface area contributed by atoms with Crippen molar-refractivity contribution in [2.45, 2.75) is 32.0 Å². The molecule has 0 saturated carbocycles. The Bertz CT molecular complexity index is 121. The second-order valence-electron chi connectivity index (χ2n) is 2.44. The van der Waals surface area contributed by atoms with E-state index in [0.29, 0.717) is 6.42 Å². The molecule has 2 N–H and O–H groups in total. The van der Waals surface area contributed by atoms with Crippen LogP contribution in [0.5, 0.6) is 0 Å². The van der Waals surface area contributed by atoms with Gasteiger partial charge in [0.15, 0.2) is 0 Å². The van der Waals surface area contributed by atoms with E-state index in [9.17, 15) is 10.2 Å². The first-order valence-corrected chi connectivity index (χ1v) is 4.47. The predicted octanol–water partition coefficient (Wildman–Crippen LogP) is 1.46. The summed E-state index contributed by atoms with van der Waals surface area (Å²) in [5.41, 5.74) is -1.07. The van der Waals surface area contributed by atoms with Crippen LogP contribution < -0.4 is 0 Å². The number of hydrogen-bond acceptors (Lipinski definition) is 2. The Hall–Kier alpha value is 0.390. The monoisotopic (exact) mass is 256 g/mol. The highest BCUT2D eigenvalue weighted by Gasteiger charge is 2.24. The molecule has 0 bridgehead atoms. The summed E-state index contributed by atoms with van der Waals surface area (Å²) >= 11 is 2.01. The van der Waals surface area contributed by atoms with Crippen molar-refractivity contribution in [2.75, 3.05) is 0 Å². The topological polar surface area (TPSA) is 40.5 Å². The quantitative estimate of drug-likeness (QED) is 0.750. The Labute approximate surface area is 75.1 Å². The zero-order valence-corrected chi connectivity index (χ0v) is 8.37. The van der Waals surface area contributed by atoms with Gasteiger partial charge in [-0.15, -0.1) is 0 Å². The average molecular weight is 256 g/mol. The van der Waals surface area contributed by atoms with Gasteiger partial charge in [0, 0.05) is 0 Å². The van der Waals surface area contributed by atoms with E-state index in [-0.39, 0.29) is 0 Å². The van der Waals surface area contributed by atoms with Gasteiger partial charge in [0.25, 0.3) is 0 Å². The molecule has 0 aliphatic carbocycles. The van der Waals surface area contributed by atoms with Crippen molar-refractivity contribution < 1.29 is 10.2 Å². The lowest BCUT2D eigenvalue weighted by atomic mass is 9.98. The highest BCUT2D eigenvalue weighted by Crippen LogP contribution is 2.14. The van der Waals surface area contributed by atoms with Crippen LogP contribution in [0.3, 0.4) is 0 Å². The van der Waals surface area contributed by atoms with Crippen LogP contribution in [0, 0.1) is 0 Å². The zero-order chi connectivity index (χ0) is 8.20. The maximum Gasteiger partial charge on any atom is 0.106 e. The number of halogens is 1. The van der Waals surface area contributed by atoms with E-state index < -0.39 is 11.7 Å². The molecule has 0 rings (SSSR count). The molecule has 0 aromatic rings. The second kappa shape index (κ2) is 4.31. The molecular weight excluding hydrogens is 243 g/mol. The molecule has 0 spiro atoms. The van der Waals surface area contributed by atoms with Crippen LogP contribution in [0.15, 0.2) is 10.2 Å². The summed E-state index contributed by atoms with van der Waals surface area (Å²) in [7, 11) is 0. The van der Waals surface area contributed by atoms with Gasteiger partial charge in [0.2, 0.25) is 0 Å². The summed E-state index contributed by atoms with van der Waals surface area (Å²) in [4.78, 5) is 0. The van der Waals surface area contributed by atoms with Crippen LogP contribution in [-0.2, 0) is 0 Å². The molecule has 3 heteroatoms. The smallest absolute Gasteiger partial charge is 0.106 e. The molecule has 0 heterocycles. The van der Waals surface area contributed by atoms with Crippen molar-refractivity contribution >= 4 is 22.6 Å². The van der Waals surface area contributed by atoms with Gasteiger partial charge in [-0.2, -0.15) is 0 Å². The highest BCUT2D eigenvalue weighted by molar-refractivity contribution is 14.1. The van der Waals surface area contributed by atoms with Crippen LogP contribution in [-0.4, -0.2) is 21.9 Å². The molecule has 60 valence electrons. The third-order valence-electron chi connectivity index (χ3n) is 1.46. The van der Waals surface area contributed by atoms with Gasteiger partial charge in [-0.05, 0) is 23.5 Å². The molecule has 0 saturated heterocycles. The van der Waals surface area contributed by atoms with Crippen molar-refractivity contribution in [2.24, 2.45) is 0 Å². The molecule has 0 radical (unpaired) electrons. The van der Waals surface area contributed by atoms with Crippen LogP contribution in [0.25, 0.3) is 0 Å². The Morgan fingerprint density at radius 2 is 2.20 bits per heavy atom. The molecule has 2 nitrogen and oxygen atoms in total. The summed E-state index contributed by atoms with van der Waals surface area (Å²) in [6.45, 7) is 3.43. The fourth-order valence-corrected chi connectivity index (χ4v) is 1.38. The lowest BCUT2D eigenvalue weighted by Gasteiger charge is -2.24. The highest BCUT2D eigenvalue weighted by atomic mass is 127. The molecule has 0 unspecified atom stereocenters. The van der Waals surface area contributed by atoms with Gasteiger partial charge >= 0.3 is 0 Å². The number of hydrogen-bond donors (Lipinski definition) is 2. The molecule has 0 amide bonds. The van der Waals surface area contributed by atoms with Crippen LogP contribution in [0.4, 0.5) is 0 Å². The van der Waals surface area contributed by atoms with Crippen molar-refractivity contribution in [3.63, 3.8) is 0 Å². The number of rotatable bonds is 3. The van der Waals surface area contributed by atoms with E-state index in [1.54, 1.807) is 17.1 Å². The SMILES string of the molecule is CC[C@@H](O)[C@@](C)(O)/C=C/I. The zero-order valence-electron chi connectivity index (χ0n) is 6.21. The molecule has 2 atom stereocenters. The predicted molar refractivity (Wildman–Crippen MR) is 50.1 cm³/mol. The van der Waals surface area contributed by atoms with E-state index >= 15 is 0 Å². The first kappa shape index (κ1) is 10.4. The first-order chi connectivity index (χ1) is 4.54. The molecule has 0 aliphatic heterocycles. The lowest BCUT2D eigenvalue weighted by Crippen LogP contribution is -2.36. The van der Waals surface area contributed by atoms with Gasteiger partial charge in [0.1, 0.15) is 5.60 Å². The van der Waals surface area contributed by atoms with Gasteiger partial charge < -0.3 is 10.2 Å². The normalized spacial score (nSPS) is 20.9. The summed E-state index contributed by atoms with van der Waals surface area (Å²) in [5.74, 6) is 0. The van der Waals surface area contributed by atoms with Crippen molar-refractivity contribution in [3.05, 3.63) is 10.2 Å². The Morgan fingerprint density at radius 3 is 2.50 bits per heavy atom. The maximum absolute atomic E-state index is 9.44. The van der Waals surface area contributed by atoms with Crippen LogP contribution in [0.2, 0.25) is 0 Å². The third-order valence-corrected chi connectivity index (χ3v) is 1.82. The van der Waals surface area contributed by atoms with E-state index in [2.05, 4.69) is 0 Å². The number of aliphatic hydroxyl groups excluding tert-OH is 1. The maximum atomic E-state index is 9.44. The third kappa shape index (κ3) is 2.98. The average Bonchev–Trinajstić information content (AvgIpc) is 1.86. The van der Waals surface area contributed by atoms with E-state index in [4.69, 9.17) is 0 Å². The van der Waals surface area contributed by atoms with E-state index in [1.165, 1.54) is 0 Å². The fraction of sp³-hybridized carbons (Fsp3) is 0.714. The van der Waals surface area contributed by atoms with E-state index in [0.717, 1.165) is 0 Å². The molecule has 0 aromatic heterocycles. The molecule has 10 heavy (non-hydrogen) atoms. The minimum Gasteiger partial charge on any atom is -0.390 e. The summed E-state index contributed by atoms with van der Waals surface area (Å²) < 4.78 is 1.70. The van der Waals surface area contributed by atoms with Crippen LogP contribution >= 0.6 is 22.6 Å². The minimum atomic E-state index is -1.07. The fourth-order valence-electron chi connectivity index (χ4n) is 0.652. The van der Waals surface area contributed by atoms with Gasteiger partial charge in [-0.3, -0.25) is 0 Å². The van der Waals surface area contributed by atoms with Crippen molar-refractivity contribution in [1.82, 2.24) is 0 Å². The standard InChI is InChI=1S/C7H13IO2/c1-3-6(9)7(2,10)4-5-8/h4-6,9-10H,3H2,1-2H3/b5-4+/t6-,7+/m1/s1. The number of aliphatic hydroxyl groups is 2. The van der Waals surface area contributed by atoms with Crippen LogP contribution in [0.1, 0.15) is 20.3 Å². The van der Waals surface area contributed by atoms with Gasteiger partial charge in [-0.1, -0.05) is 29.5 Å². The van der Waals surface area contributed by atoms with Gasteiger partial charge in [-0.25, -0.2) is 0 Å². The summed E-state index contributed by atoms with van der Waals surface area (Å²) in [6.07, 6.45) is 1.48. The first-order valence-electron chi connectivity index (χ1n) is 3.23. The van der Waals surface area contributed by atoms with Crippen molar-refractivity contribution in [1.29, 1.82) is 0 Å². The molecule has 0 fully saturated rings. The molecule has 0 aromatic carbocycles. The Morgan fingerprint density at radius 1 is 1.70 bits per heavy atom. The van der Waals surface area contributed by atoms with E-state index in [1.807, 2.05) is 29.5 Å². The lowest BCUT2D eigenvalue weighted by molar-refractivity contribution is -0.0272. The largest absolute Gasteiger partial charge is 0.390 e. The minimum absolute atomic E-state index is 0.563. The summed E-state index contributed by atoms with van der Waals surface area (Å²) in [5, 5.41) is 18.7. The second-order valence-corrected chi connectivity index (χ2v) is 3.16. The van der Waals surface area contributed by atoms with Gasteiger partial charge in [0.05, 0.1) is 6.10 Å². The molecule has 0 aliphatic rings. The Kier molecular flexibility index (Phi) is 4.47. The summed E-state index contributed by atoms with van der Waals surface area (Å²) in [6, 6.07) is 0. The Balaban J connectivity index is 4.09. The van der Waals surface area contributed by atoms with Crippen molar-refractivity contribution in [3.8, 4) is 0 Å².